The first-order valence-electron chi connectivity index (χ1n) is 7.58. The van der Waals surface area contributed by atoms with Crippen LogP contribution in [0, 0.1) is 6.92 Å². The molecule has 0 spiro atoms. The molecule has 128 valence electrons. The predicted octanol–water partition coefficient (Wildman–Crippen LogP) is 2.46. The van der Waals surface area contributed by atoms with Gasteiger partial charge in [0, 0.05) is 30.6 Å². The van der Waals surface area contributed by atoms with Gasteiger partial charge in [0.1, 0.15) is 11.5 Å². The van der Waals surface area contributed by atoms with Crippen molar-refractivity contribution in [2.75, 3.05) is 12.4 Å². The lowest BCUT2D eigenvalue weighted by molar-refractivity contribution is 0.0950. The van der Waals surface area contributed by atoms with Crippen LogP contribution in [0.15, 0.2) is 47.2 Å². The van der Waals surface area contributed by atoms with E-state index in [4.69, 9.17) is 9.26 Å². The van der Waals surface area contributed by atoms with Gasteiger partial charge in [-0.2, -0.15) is 0 Å². The third-order valence-electron chi connectivity index (χ3n) is 3.41. The highest BCUT2D eigenvalue weighted by Crippen LogP contribution is 2.17. The molecule has 0 radical (unpaired) electrons. The smallest absolute Gasteiger partial charge is 0.254 e. The standard InChI is InChI=1S/C17H17N5O3/c1-11-7-15(22-25-11)21-17-19-9-13(10-20-17)16(23)18-8-12-5-3-4-6-14(12)24-2/h3-7,9-10H,8H2,1-2H3,(H,18,23)(H,19,20,21,22). The summed E-state index contributed by atoms with van der Waals surface area (Å²) in [6, 6.07) is 9.22. The molecule has 2 aromatic heterocycles. The summed E-state index contributed by atoms with van der Waals surface area (Å²) in [7, 11) is 1.59. The van der Waals surface area contributed by atoms with Crippen molar-refractivity contribution in [3.63, 3.8) is 0 Å². The molecule has 0 aliphatic heterocycles. The van der Waals surface area contributed by atoms with E-state index in [9.17, 15) is 4.79 Å². The summed E-state index contributed by atoms with van der Waals surface area (Å²) in [5.41, 5.74) is 1.25. The number of anilines is 2. The topological polar surface area (TPSA) is 102 Å². The Labute approximate surface area is 144 Å². The molecule has 1 amide bonds. The van der Waals surface area contributed by atoms with Gasteiger partial charge in [0.05, 0.1) is 12.7 Å². The molecule has 25 heavy (non-hydrogen) atoms. The maximum Gasteiger partial charge on any atom is 0.254 e. The molecule has 0 bridgehead atoms. The average Bonchev–Trinajstić information content (AvgIpc) is 3.05. The van der Waals surface area contributed by atoms with Gasteiger partial charge in [-0.3, -0.25) is 4.79 Å². The van der Waals surface area contributed by atoms with Gasteiger partial charge in [0.2, 0.25) is 5.95 Å². The highest BCUT2D eigenvalue weighted by atomic mass is 16.5. The molecule has 0 saturated carbocycles. The maximum atomic E-state index is 12.2. The van der Waals surface area contributed by atoms with Gasteiger partial charge in [0.15, 0.2) is 5.82 Å². The molecule has 0 unspecified atom stereocenters. The Hall–Kier alpha value is -3.42. The Morgan fingerprint density at radius 1 is 1.24 bits per heavy atom. The zero-order valence-electron chi connectivity index (χ0n) is 13.8. The molecule has 0 fully saturated rings. The zero-order chi connectivity index (χ0) is 17.6. The number of para-hydroxylation sites is 1. The van der Waals surface area contributed by atoms with Gasteiger partial charge in [-0.05, 0) is 13.0 Å². The summed E-state index contributed by atoms with van der Waals surface area (Å²) in [5.74, 6) is 1.96. The summed E-state index contributed by atoms with van der Waals surface area (Å²) in [4.78, 5) is 20.4. The number of carbonyl (C=O) groups excluding carboxylic acids is 1. The van der Waals surface area contributed by atoms with E-state index in [1.54, 1.807) is 20.1 Å². The van der Waals surface area contributed by atoms with Crippen molar-refractivity contribution in [1.29, 1.82) is 0 Å². The Kier molecular flexibility index (Phi) is 4.89. The van der Waals surface area contributed by atoms with Crippen molar-refractivity contribution >= 4 is 17.7 Å². The number of methoxy groups -OCH3 is 1. The van der Waals surface area contributed by atoms with Crippen LogP contribution in [0.1, 0.15) is 21.7 Å². The monoisotopic (exact) mass is 339 g/mol. The molecule has 8 heteroatoms. The number of aryl methyl sites for hydroxylation is 1. The van der Waals surface area contributed by atoms with Crippen molar-refractivity contribution < 1.29 is 14.1 Å². The Balaban J connectivity index is 1.60. The first kappa shape index (κ1) is 16.4. The van der Waals surface area contributed by atoms with E-state index >= 15 is 0 Å². The van der Waals surface area contributed by atoms with Crippen molar-refractivity contribution in [2.45, 2.75) is 13.5 Å². The molecular formula is C17H17N5O3. The number of aromatic nitrogens is 3. The van der Waals surface area contributed by atoms with Crippen LogP contribution >= 0.6 is 0 Å². The molecule has 3 rings (SSSR count). The number of rotatable bonds is 6. The number of hydrogen-bond donors (Lipinski definition) is 2. The van der Waals surface area contributed by atoms with Gasteiger partial charge in [-0.1, -0.05) is 23.4 Å². The molecule has 2 heterocycles. The molecular weight excluding hydrogens is 322 g/mol. The molecule has 0 atom stereocenters. The number of benzene rings is 1. The molecule has 3 aromatic rings. The van der Waals surface area contributed by atoms with Gasteiger partial charge < -0.3 is 19.9 Å². The number of carbonyl (C=O) groups is 1. The first-order chi connectivity index (χ1) is 12.2. The van der Waals surface area contributed by atoms with E-state index in [1.807, 2.05) is 24.3 Å². The SMILES string of the molecule is COc1ccccc1CNC(=O)c1cnc(Nc2cc(C)on2)nc1. The number of hydrogen-bond acceptors (Lipinski definition) is 7. The quantitative estimate of drug-likeness (QED) is 0.711. The summed E-state index contributed by atoms with van der Waals surface area (Å²) in [6.45, 7) is 2.13. The highest BCUT2D eigenvalue weighted by Gasteiger charge is 2.09. The van der Waals surface area contributed by atoms with Crippen molar-refractivity contribution in [1.82, 2.24) is 20.4 Å². The minimum Gasteiger partial charge on any atom is -0.496 e. The third kappa shape index (κ3) is 4.11. The second kappa shape index (κ2) is 7.43. The van der Waals surface area contributed by atoms with Crippen LogP contribution in [0.25, 0.3) is 0 Å². The Bertz CT molecular complexity index is 861. The third-order valence-corrected chi connectivity index (χ3v) is 3.41. The second-order valence-electron chi connectivity index (χ2n) is 5.24. The van der Waals surface area contributed by atoms with Crippen LogP contribution in [0.4, 0.5) is 11.8 Å². The fourth-order valence-corrected chi connectivity index (χ4v) is 2.18. The van der Waals surface area contributed by atoms with Crippen LogP contribution in [-0.4, -0.2) is 28.1 Å². The Morgan fingerprint density at radius 2 is 2.00 bits per heavy atom. The van der Waals surface area contributed by atoms with Gasteiger partial charge in [-0.15, -0.1) is 0 Å². The predicted molar refractivity (Wildman–Crippen MR) is 90.7 cm³/mol. The molecule has 0 aliphatic carbocycles. The number of amides is 1. The molecule has 2 N–H and O–H groups in total. The summed E-state index contributed by atoms with van der Waals surface area (Å²) < 4.78 is 10.2. The number of nitrogens with zero attached hydrogens (tertiary/aromatic N) is 3. The van der Waals surface area contributed by atoms with E-state index in [2.05, 4.69) is 25.8 Å². The zero-order valence-corrected chi connectivity index (χ0v) is 13.8. The molecule has 0 aliphatic rings. The van der Waals surface area contributed by atoms with Crippen LogP contribution < -0.4 is 15.4 Å². The van der Waals surface area contributed by atoms with Crippen molar-refractivity contribution in [3.8, 4) is 5.75 Å². The van der Waals surface area contributed by atoms with E-state index in [0.717, 1.165) is 11.3 Å². The summed E-state index contributed by atoms with van der Waals surface area (Å²) in [5, 5.41) is 9.49. The molecule has 1 aromatic carbocycles. The minimum absolute atomic E-state index is 0.269. The van der Waals surface area contributed by atoms with Crippen molar-refractivity contribution in [2.24, 2.45) is 0 Å². The van der Waals surface area contributed by atoms with Crippen molar-refractivity contribution in [3.05, 3.63) is 59.6 Å². The lowest BCUT2D eigenvalue weighted by atomic mass is 10.2. The summed E-state index contributed by atoms with van der Waals surface area (Å²) >= 11 is 0. The average molecular weight is 339 g/mol. The lowest BCUT2D eigenvalue weighted by Crippen LogP contribution is -2.23. The van der Waals surface area contributed by atoms with E-state index in [0.29, 0.717) is 29.6 Å². The van der Waals surface area contributed by atoms with Gasteiger partial charge in [-0.25, -0.2) is 9.97 Å². The molecule has 8 nitrogen and oxygen atoms in total. The Morgan fingerprint density at radius 3 is 2.68 bits per heavy atom. The van der Waals surface area contributed by atoms with Crippen LogP contribution in [0.2, 0.25) is 0 Å². The maximum absolute atomic E-state index is 12.2. The lowest BCUT2D eigenvalue weighted by Gasteiger charge is -2.09. The van der Waals surface area contributed by atoms with Gasteiger partial charge >= 0.3 is 0 Å². The summed E-state index contributed by atoms with van der Waals surface area (Å²) in [6.07, 6.45) is 2.89. The fraction of sp³-hybridized carbons (Fsp3) is 0.176. The van der Waals surface area contributed by atoms with E-state index < -0.39 is 0 Å². The largest absolute Gasteiger partial charge is 0.496 e. The van der Waals surface area contributed by atoms with Gasteiger partial charge in [0.25, 0.3) is 5.91 Å². The van der Waals surface area contributed by atoms with E-state index in [1.165, 1.54) is 12.4 Å². The van der Waals surface area contributed by atoms with E-state index in [-0.39, 0.29) is 5.91 Å². The molecule has 0 saturated heterocycles. The minimum atomic E-state index is -0.269. The number of ether oxygens (including phenoxy) is 1. The normalized spacial score (nSPS) is 10.3. The number of nitrogens with one attached hydrogen (secondary N) is 2. The van der Waals surface area contributed by atoms with Crippen LogP contribution in [0.5, 0.6) is 5.75 Å². The first-order valence-corrected chi connectivity index (χ1v) is 7.58. The van der Waals surface area contributed by atoms with Crippen LogP contribution in [-0.2, 0) is 6.54 Å². The highest BCUT2D eigenvalue weighted by molar-refractivity contribution is 5.93. The van der Waals surface area contributed by atoms with Crippen LogP contribution in [0.3, 0.4) is 0 Å². The fourth-order valence-electron chi connectivity index (χ4n) is 2.18. The second-order valence-corrected chi connectivity index (χ2v) is 5.24.